The summed E-state index contributed by atoms with van der Waals surface area (Å²) < 4.78 is 8.57. The monoisotopic (exact) mass is 540 g/mol. The summed E-state index contributed by atoms with van der Waals surface area (Å²) in [5.41, 5.74) is 4.16. The van der Waals surface area contributed by atoms with Gasteiger partial charge in [0.1, 0.15) is 5.76 Å². The number of aryl methyl sites for hydroxylation is 2. The lowest BCUT2D eigenvalue weighted by Gasteiger charge is -2.30. The van der Waals surface area contributed by atoms with E-state index in [9.17, 15) is 9.59 Å². The van der Waals surface area contributed by atoms with Gasteiger partial charge in [0.05, 0.1) is 47.7 Å². The van der Waals surface area contributed by atoms with Crippen molar-refractivity contribution in [3.8, 4) is 11.1 Å². The van der Waals surface area contributed by atoms with Crippen LogP contribution in [0.2, 0.25) is 0 Å². The summed E-state index contributed by atoms with van der Waals surface area (Å²) in [7, 11) is 1.85. The summed E-state index contributed by atoms with van der Waals surface area (Å²) >= 11 is 0. The molecule has 1 aliphatic heterocycles. The number of aromatic nitrogens is 7. The Hall–Kier alpha value is -4.91. The van der Waals surface area contributed by atoms with Crippen molar-refractivity contribution in [1.82, 2.24) is 39.6 Å². The minimum absolute atomic E-state index is 0.144. The van der Waals surface area contributed by atoms with E-state index in [2.05, 4.69) is 41.1 Å². The summed E-state index contributed by atoms with van der Waals surface area (Å²) in [4.78, 5) is 32.4. The van der Waals surface area contributed by atoms with Crippen LogP contribution in [0.25, 0.3) is 16.6 Å². The lowest BCUT2D eigenvalue weighted by atomic mass is 9.94. The van der Waals surface area contributed by atoms with Gasteiger partial charge in [-0.2, -0.15) is 5.10 Å². The third-order valence-electron chi connectivity index (χ3n) is 7.10. The Labute approximate surface area is 229 Å². The number of piperidine rings is 1. The number of hydrogen-bond acceptors (Lipinski definition) is 9. The maximum Gasteiger partial charge on any atom is 0.278 e. The van der Waals surface area contributed by atoms with Crippen molar-refractivity contribution in [1.29, 1.82) is 0 Å². The maximum absolute atomic E-state index is 13.1. The highest BCUT2D eigenvalue weighted by Crippen LogP contribution is 2.27. The molecule has 0 unspecified atom stereocenters. The van der Waals surface area contributed by atoms with Gasteiger partial charge in [-0.3, -0.25) is 24.2 Å². The fourth-order valence-electron chi connectivity index (χ4n) is 4.92. The topological polar surface area (TPSA) is 148 Å². The second-order valence-corrected chi connectivity index (χ2v) is 9.91. The Morgan fingerprint density at radius 1 is 1.07 bits per heavy atom. The lowest BCUT2D eigenvalue weighted by Crippen LogP contribution is -2.38. The van der Waals surface area contributed by atoms with Crippen molar-refractivity contribution >= 4 is 28.7 Å². The van der Waals surface area contributed by atoms with Gasteiger partial charge in [-0.15, -0.1) is 5.10 Å². The molecule has 5 aromatic heterocycles. The Morgan fingerprint density at radius 3 is 2.67 bits per heavy atom. The van der Waals surface area contributed by atoms with E-state index in [1.54, 1.807) is 53.0 Å². The maximum atomic E-state index is 13.1. The molecule has 1 fully saturated rings. The zero-order chi connectivity index (χ0) is 27.6. The molecule has 0 spiro atoms. The van der Waals surface area contributed by atoms with Crippen molar-refractivity contribution in [2.24, 2.45) is 7.05 Å². The van der Waals surface area contributed by atoms with Crippen molar-refractivity contribution in [3.05, 3.63) is 72.4 Å². The van der Waals surface area contributed by atoms with Gasteiger partial charge in [0.2, 0.25) is 5.91 Å². The Balaban J connectivity index is 1.09. The van der Waals surface area contributed by atoms with Gasteiger partial charge < -0.3 is 15.2 Å². The van der Waals surface area contributed by atoms with E-state index in [1.807, 2.05) is 25.4 Å². The molecule has 13 nitrogen and oxygen atoms in total. The van der Waals surface area contributed by atoms with Crippen LogP contribution in [0.5, 0.6) is 0 Å². The van der Waals surface area contributed by atoms with E-state index in [0.29, 0.717) is 28.5 Å². The molecule has 0 radical (unpaired) electrons. The zero-order valence-corrected chi connectivity index (χ0v) is 22.1. The Morgan fingerprint density at radius 2 is 1.93 bits per heavy atom. The third-order valence-corrected chi connectivity index (χ3v) is 7.10. The van der Waals surface area contributed by atoms with Crippen LogP contribution in [0.4, 0.5) is 11.4 Å². The number of likely N-dealkylation sites (tertiary alicyclic amines) is 1. The molecule has 1 aliphatic rings. The van der Waals surface area contributed by atoms with E-state index < -0.39 is 5.91 Å². The largest absolute Gasteiger partial charge is 0.361 e. The highest BCUT2D eigenvalue weighted by molar-refractivity contribution is 6.08. The van der Waals surface area contributed by atoms with Crippen molar-refractivity contribution in [2.75, 3.05) is 30.3 Å². The van der Waals surface area contributed by atoms with Crippen LogP contribution in [-0.4, -0.2) is 71.1 Å². The molecular weight excluding hydrogens is 512 g/mol. The van der Waals surface area contributed by atoms with E-state index in [-0.39, 0.29) is 18.1 Å². The first-order chi connectivity index (χ1) is 19.4. The minimum Gasteiger partial charge on any atom is -0.361 e. The average molecular weight is 541 g/mol. The van der Waals surface area contributed by atoms with Crippen LogP contribution in [0.15, 0.2) is 59.8 Å². The first kappa shape index (κ1) is 25.4. The van der Waals surface area contributed by atoms with Gasteiger partial charge in [-0.05, 0) is 45.0 Å². The van der Waals surface area contributed by atoms with Crippen LogP contribution in [0.3, 0.4) is 0 Å². The summed E-state index contributed by atoms with van der Waals surface area (Å²) in [5, 5.41) is 22.0. The highest BCUT2D eigenvalue weighted by atomic mass is 16.5. The number of hydrogen-bond donors (Lipinski definition) is 2. The molecule has 0 aliphatic carbocycles. The van der Waals surface area contributed by atoms with Gasteiger partial charge >= 0.3 is 0 Å². The average Bonchev–Trinajstić information content (AvgIpc) is 3.72. The molecule has 5 aromatic rings. The molecule has 0 saturated carbocycles. The van der Waals surface area contributed by atoms with Gasteiger partial charge in [0.25, 0.3) is 5.91 Å². The molecule has 1 saturated heterocycles. The van der Waals surface area contributed by atoms with Gasteiger partial charge in [0.15, 0.2) is 5.69 Å². The van der Waals surface area contributed by atoms with Crippen molar-refractivity contribution < 1.29 is 14.1 Å². The normalized spacial score (nSPS) is 14.4. The van der Waals surface area contributed by atoms with Crippen LogP contribution < -0.4 is 10.6 Å². The summed E-state index contributed by atoms with van der Waals surface area (Å²) in [6, 6.07) is 7.29. The minimum atomic E-state index is -0.424. The Bertz CT molecular complexity index is 1670. The Kier molecular flexibility index (Phi) is 6.78. The molecule has 2 amide bonds. The standard InChI is InChI=1S/C27H28N10O3/c1-17-22(32-27(39)26-23-4-3-19(15-37(23)34-33-26)20-12-29-35(2)14-20)11-21(13-28-17)31-25(38)16-36-9-6-18(7-10-36)24-5-8-30-40-24/h3-5,8,11-15,18H,6-7,9-10,16H2,1-2H3,(H,31,38)(H,32,39). The highest BCUT2D eigenvalue weighted by Gasteiger charge is 2.24. The number of carbonyl (C=O) groups excluding carboxylic acids is 2. The van der Waals surface area contributed by atoms with Gasteiger partial charge in [-0.25, -0.2) is 4.52 Å². The molecule has 0 aromatic carbocycles. The number of fused-ring (bicyclic) bond motifs is 1. The molecule has 2 N–H and O–H groups in total. The number of rotatable bonds is 7. The molecule has 6 rings (SSSR count). The zero-order valence-electron chi connectivity index (χ0n) is 22.1. The summed E-state index contributed by atoms with van der Waals surface area (Å²) in [6.45, 7) is 3.64. The molecule has 204 valence electrons. The smallest absolute Gasteiger partial charge is 0.278 e. The molecule has 40 heavy (non-hydrogen) atoms. The van der Waals surface area contributed by atoms with Crippen molar-refractivity contribution in [3.63, 3.8) is 0 Å². The van der Waals surface area contributed by atoms with Crippen molar-refractivity contribution in [2.45, 2.75) is 25.7 Å². The van der Waals surface area contributed by atoms with Crippen LogP contribution in [0, 0.1) is 6.92 Å². The number of nitrogens with zero attached hydrogens (tertiary/aromatic N) is 8. The van der Waals surface area contributed by atoms with E-state index in [4.69, 9.17) is 4.52 Å². The third kappa shape index (κ3) is 5.31. The van der Waals surface area contributed by atoms with E-state index >= 15 is 0 Å². The predicted octanol–water partition coefficient (Wildman–Crippen LogP) is 2.89. The molecule has 0 bridgehead atoms. The van der Waals surface area contributed by atoms with Crippen LogP contribution >= 0.6 is 0 Å². The molecular formula is C27H28N10O3. The molecule has 6 heterocycles. The fraction of sp³-hybridized carbons (Fsp3) is 0.296. The SMILES string of the molecule is Cc1ncc(NC(=O)CN2CCC(c3ccno3)CC2)cc1NC(=O)c1nnn2cc(-c3cnn(C)c3)ccc12. The second kappa shape index (κ2) is 10.7. The van der Waals surface area contributed by atoms with E-state index in [0.717, 1.165) is 42.8 Å². The lowest BCUT2D eigenvalue weighted by molar-refractivity contribution is -0.117. The van der Waals surface area contributed by atoms with Gasteiger partial charge in [-0.1, -0.05) is 16.4 Å². The molecule has 13 heteroatoms. The van der Waals surface area contributed by atoms with Crippen LogP contribution in [-0.2, 0) is 11.8 Å². The quantitative estimate of drug-likeness (QED) is 0.318. The number of amides is 2. The summed E-state index contributed by atoms with van der Waals surface area (Å²) in [6.07, 6.45) is 10.5. The second-order valence-electron chi connectivity index (χ2n) is 9.91. The summed E-state index contributed by atoms with van der Waals surface area (Å²) in [5.74, 6) is 0.667. The fourth-order valence-corrected chi connectivity index (χ4v) is 4.92. The number of anilines is 2. The molecule has 0 atom stereocenters. The van der Waals surface area contributed by atoms with Crippen LogP contribution in [0.1, 0.15) is 40.7 Å². The number of nitrogens with one attached hydrogen (secondary N) is 2. The number of carbonyl (C=O) groups is 2. The predicted molar refractivity (Wildman–Crippen MR) is 146 cm³/mol. The van der Waals surface area contributed by atoms with E-state index in [1.165, 1.54) is 0 Å². The first-order valence-electron chi connectivity index (χ1n) is 13.0. The first-order valence-corrected chi connectivity index (χ1v) is 13.0. The number of pyridine rings is 2. The van der Waals surface area contributed by atoms with Gasteiger partial charge in [0, 0.05) is 42.6 Å².